The van der Waals surface area contributed by atoms with Crippen LogP contribution in [0.5, 0.6) is 5.75 Å². The molecule has 0 spiro atoms. The number of nitro groups is 1. The fourth-order valence-corrected chi connectivity index (χ4v) is 6.26. The van der Waals surface area contributed by atoms with Crippen molar-refractivity contribution in [3.63, 3.8) is 0 Å². The van der Waals surface area contributed by atoms with E-state index in [1.165, 1.54) is 30.3 Å². The first-order valence-electron chi connectivity index (χ1n) is 9.53. The molecule has 0 fully saturated rings. The van der Waals surface area contributed by atoms with E-state index in [0.29, 0.717) is 16.1 Å². The van der Waals surface area contributed by atoms with Gasteiger partial charge in [0.25, 0.3) is 5.91 Å². The maximum atomic E-state index is 13.0. The number of nitro benzene ring substituents is 1. The Kier molecular flexibility index (Phi) is 6.59. The molecule has 1 aliphatic heterocycles. The Labute approximate surface area is 208 Å². The van der Waals surface area contributed by atoms with Gasteiger partial charge in [0.05, 0.1) is 26.2 Å². The second kappa shape index (κ2) is 9.30. The van der Waals surface area contributed by atoms with Gasteiger partial charge in [0.2, 0.25) is 0 Å². The Balaban J connectivity index is 1.62. The number of amides is 1. The van der Waals surface area contributed by atoms with Gasteiger partial charge in [-0.05, 0) is 48.0 Å². The molecule has 174 valence electrons. The van der Waals surface area contributed by atoms with Gasteiger partial charge >= 0.3 is 5.69 Å². The molecule has 0 aromatic heterocycles. The zero-order valence-electron chi connectivity index (χ0n) is 17.0. The Bertz CT molecular complexity index is 1470. The number of sulfone groups is 1. The van der Waals surface area contributed by atoms with Gasteiger partial charge in [0.1, 0.15) is 0 Å². The molecule has 0 aliphatic carbocycles. The van der Waals surface area contributed by atoms with Crippen LogP contribution < -0.4 is 5.32 Å². The first-order valence-corrected chi connectivity index (χ1v) is 12.8. The van der Waals surface area contributed by atoms with Crippen LogP contribution in [0.2, 0.25) is 10.0 Å². The summed E-state index contributed by atoms with van der Waals surface area (Å²) in [5.41, 5.74) is 0.469. The van der Waals surface area contributed by atoms with E-state index in [4.69, 9.17) is 23.2 Å². The molecular weight excluding hydrogens is 523 g/mol. The molecule has 3 aromatic rings. The summed E-state index contributed by atoms with van der Waals surface area (Å²) in [6, 6.07) is 12.8. The summed E-state index contributed by atoms with van der Waals surface area (Å²) in [6.07, 6.45) is 1.44. The number of phenolic OH excluding ortho intramolecular Hbond substituents is 1. The highest BCUT2D eigenvalue weighted by molar-refractivity contribution is 8.04. The first kappa shape index (κ1) is 24.1. The van der Waals surface area contributed by atoms with Gasteiger partial charge in [-0.3, -0.25) is 14.9 Å². The van der Waals surface area contributed by atoms with E-state index < -0.39 is 37.9 Å². The summed E-state index contributed by atoms with van der Waals surface area (Å²) in [6.45, 7) is 0. The number of rotatable bonds is 5. The third-order valence-corrected chi connectivity index (χ3v) is 8.34. The molecule has 1 aliphatic rings. The largest absolute Gasteiger partial charge is 0.502 e. The third-order valence-electron chi connectivity index (χ3n) is 4.89. The Hall–Kier alpha value is -3.05. The smallest absolute Gasteiger partial charge is 0.311 e. The minimum atomic E-state index is -3.82. The number of nitrogens with one attached hydrogen (secondary N) is 1. The average molecular weight is 537 g/mol. The van der Waals surface area contributed by atoms with Crippen LogP contribution in [0.4, 0.5) is 11.4 Å². The highest BCUT2D eigenvalue weighted by atomic mass is 35.5. The molecule has 0 saturated carbocycles. The van der Waals surface area contributed by atoms with Crippen molar-refractivity contribution in [3.8, 4) is 5.75 Å². The normalized spacial score (nSPS) is 14.5. The molecule has 34 heavy (non-hydrogen) atoms. The van der Waals surface area contributed by atoms with Crippen LogP contribution in [0.25, 0.3) is 6.08 Å². The maximum absolute atomic E-state index is 13.0. The van der Waals surface area contributed by atoms with Crippen molar-refractivity contribution < 1.29 is 23.2 Å². The molecule has 1 amide bonds. The zero-order valence-corrected chi connectivity index (χ0v) is 20.1. The predicted molar refractivity (Wildman–Crippen MR) is 131 cm³/mol. The molecule has 8 nitrogen and oxygen atoms in total. The monoisotopic (exact) mass is 536 g/mol. The second-order valence-corrected chi connectivity index (χ2v) is 11.1. The molecule has 3 aromatic carbocycles. The van der Waals surface area contributed by atoms with Gasteiger partial charge in [-0.25, -0.2) is 8.42 Å². The summed E-state index contributed by atoms with van der Waals surface area (Å²) in [5.74, 6) is -1.39. The molecule has 2 N–H and O–H groups in total. The molecule has 0 unspecified atom stereocenters. The van der Waals surface area contributed by atoms with Crippen LogP contribution in [0.15, 0.2) is 69.3 Å². The molecule has 0 saturated heterocycles. The van der Waals surface area contributed by atoms with Crippen LogP contribution in [0, 0.1) is 10.1 Å². The van der Waals surface area contributed by atoms with E-state index >= 15 is 0 Å². The number of aromatic hydroxyl groups is 1. The van der Waals surface area contributed by atoms with Gasteiger partial charge in [0.15, 0.2) is 15.6 Å². The SMILES string of the molecule is O=C1Nc2cc(S(=O)(=O)Cc3c(Cl)cccc3Cl)ccc2SC1=Cc1ccc(O)c([N+](=O)[O-])c1. The molecule has 4 rings (SSSR count). The fourth-order valence-electron chi connectivity index (χ4n) is 3.20. The van der Waals surface area contributed by atoms with E-state index in [0.717, 1.165) is 17.8 Å². The van der Waals surface area contributed by atoms with E-state index in [9.17, 15) is 28.4 Å². The average Bonchev–Trinajstić information content (AvgIpc) is 2.77. The highest BCUT2D eigenvalue weighted by Gasteiger charge is 2.25. The van der Waals surface area contributed by atoms with Crippen LogP contribution in [0.1, 0.15) is 11.1 Å². The van der Waals surface area contributed by atoms with Crippen molar-refractivity contribution in [1.82, 2.24) is 0 Å². The molecule has 12 heteroatoms. The van der Waals surface area contributed by atoms with Crippen molar-refractivity contribution in [3.05, 3.63) is 90.8 Å². The van der Waals surface area contributed by atoms with Gasteiger partial charge in [-0.15, -0.1) is 0 Å². The standard InChI is InChI=1S/C22H14Cl2N2O6S2/c23-15-2-1-3-16(24)14(15)11-34(31,32)13-5-7-20-17(10-13)25-22(28)21(33-20)9-12-4-6-19(27)18(8-12)26(29)30/h1-10,27H,11H2,(H,25,28). The Morgan fingerprint density at radius 3 is 2.47 bits per heavy atom. The lowest BCUT2D eigenvalue weighted by Crippen LogP contribution is -2.18. The molecule has 1 heterocycles. The Morgan fingerprint density at radius 1 is 1.09 bits per heavy atom. The number of hydrogen-bond donors (Lipinski definition) is 2. The van der Waals surface area contributed by atoms with Crippen molar-refractivity contribution in [2.75, 3.05) is 5.32 Å². The van der Waals surface area contributed by atoms with Crippen LogP contribution >= 0.6 is 35.0 Å². The van der Waals surface area contributed by atoms with E-state index in [1.54, 1.807) is 24.3 Å². The minimum Gasteiger partial charge on any atom is -0.502 e. The van der Waals surface area contributed by atoms with Gasteiger partial charge in [-0.2, -0.15) is 0 Å². The van der Waals surface area contributed by atoms with Crippen molar-refractivity contribution in [1.29, 1.82) is 0 Å². The van der Waals surface area contributed by atoms with Gasteiger partial charge < -0.3 is 10.4 Å². The summed E-state index contributed by atoms with van der Waals surface area (Å²) >= 11 is 13.3. The number of nitrogens with zero attached hydrogens (tertiary/aromatic N) is 1. The molecule has 0 bridgehead atoms. The van der Waals surface area contributed by atoms with Gasteiger partial charge in [0, 0.05) is 26.6 Å². The number of carbonyl (C=O) groups excluding carboxylic acids is 1. The van der Waals surface area contributed by atoms with Crippen molar-refractivity contribution in [2.45, 2.75) is 15.5 Å². The number of anilines is 1. The number of phenols is 1. The minimum absolute atomic E-state index is 0.00951. The molecule has 0 atom stereocenters. The van der Waals surface area contributed by atoms with Gasteiger partial charge in [-0.1, -0.05) is 47.1 Å². The molecule has 0 radical (unpaired) electrons. The lowest BCUT2D eigenvalue weighted by molar-refractivity contribution is -0.385. The lowest BCUT2D eigenvalue weighted by Gasteiger charge is -2.19. The first-order chi connectivity index (χ1) is 16.0. The number of hydrogen-bond acceptors (Lipinski definition) is 7. The van der Waals surface area contributed by atoms with Crippen molar-refractivity contribution in [2.24, 2.45) is 0 Å². The lowest BCUT2D eigenvalue weighted by atomic mass is 10.1. The third kappa shape index (κ3) is 4.90. The van der Waals surface area contributed by atoms with E-state index in [1.807, 2.05) is 0 Å². The molecular formula is C22H14Cl2N2O6S2. The van der Waals surface area contributed by atoms with E-state index in [-0.39, 0.29) is 25.4 Å². The quantitative estimate of drug-likeness (QED) is 0.244. The number of benzene rings is 3. The highest BCUT2D eigenvalue weighted by Crippen LogP contribution is 2.41. The predicted octanol–water partition coefficient (Wildman–Crippen LogP) is 5.67. The number of thioether (sulfide) groups is 1. The summed E-state index contributed by atoms with van der Waals surface area (Å²) < 4.78 is 25.9. The summed E-state index contributed by atoms with van der Waals surface area (Å²) in [4.78, 5) is 23.8. The number of fused-ring (bicyclic) bond motifs is 1. The summed E-state index contributed by atoms with van der Waals surface area (Å²) in [7, 11) is -3.82. The van der Waals surface area contributed by atoms with Crippen LogP contribution in [-0.4, -0.2) is 24.4 Å². The maximum Gasteiger partial charge on any atom is 0.311 e. The zero-order chi connectivity index (χ0) is 24.6. The Morgan fingerprint density at radius 2 is 1.79 bits per heavy atom. The number of halogens is 2. The van der Waals surface area contributed by atoms with Crippen LogP contribution in [-0.2, 0) is 20.4 Å². The fraction of sp³-hybridized carbons (Fsp3) is 0.0455. The summed E-state index contributed by atoms with van der Waals surface area (Å²) in [5, 5.41) is 23.8. The van der Waals surface area contributed by atoms with Crippen LogP contribution in [0.3, 0.4) is 0 Å². The van der Waals surface area contributed by atoms with Crippen molar-refractivity contribution >= 4 is 68.2 Å². The second-order valence-electron chi connectivity index (χ2n) is 7.19. The topological polar surface area (TPSA) is 127 Å². The van der Waals surface area contributed by atoms with E-state index in [2.05, 4.69) is 5.32 Å². The number of carbonyl (C=O) groups is 1.